The summed E-state index contributed by atoms with van der Waals surface area (Å²) in [6.07, 6.45) is 1.97. The highest BCUT2D eigenvalue weighted by molar-refractivity contribution is 6.32. The number of rotatable bonds is 8. The molecule has 124 valence electrons. The largest absolute Gasteiger partial charge is 0.493 e. The van der Waals surface area contributed by atoms with Crippen LogP contribution in [0, 0.1) is 0 Å². The minimum absolute atomic E-state index is 0.176. The van der Waals surface area contributed by atoms with Crippen LogP contribution in [0.3, 0.4) is 0 Å². The molecule has 0 aromatic heterocycles. The Balaban J connectivity index is 2.33. The van der Waals surface area contributed by atoms with Gasteiger partial charge >= 0.3 is 0 Å². The van der Waals surface area contributed by atoms with E-state index in [0.29, 0.717) is 16.5 Å². The Morgan fingerprint density at radius 3 is 2.43 bits per heavy atom. The SMILES string of the molecule is CCCNC(Cc1ccccc1)c1cc(Cl)c(OC)c(OC)c1. The standard InChI is InChI=1S/C19H24ClNO2/c1-4-10-21-17(11-14-8-6-5-7-9-14)15-12-16(20)19(23-3)18(13-15)22-2/h5-9,12-13,17,21H,4,10-11H2,1-3H3. The van der Waals surface area contributed by atoms with E-state index in [-0.39, 0.29) is 6.04 Å². The molecule has 0 aliphatic carbocycles. The second-order valence-electron chi connectivity index (χ2n) is 5.43. The maximum atomic E-state index is 6.36. The van der Waals surface area contributed by atoms with Crippen molar-refractivity contribution in [3.8, 4) is 11.5 Å². The van der Waals surface area contributed by atoms with Crippen molar-refractivity contribution < 1.29 is 9.47 Å². The second-order valence-corrected chi connectivity index (χ2v) is 5.84. The fourth-order valence-electron chi connectivity index (χ4n) is 2.62. The lowest BCUT2D eigenvalue weighted by Crippen LogP contribution is -2.24. The molecular formula is C19H24ClNO2. The van der Waals surface area contributed by atoms with E-state index in [1.165, 1.54) is 5.56 Å². The lowest BCUT2D eigenvalue weighted by atomic mass is 9.98. The molecule has 1 atom stereocenters. The Hall–Kier alpha value is -1.71. The summed E-state index contributed by atoms with van der Waals surface area (Å²) in [4.78, 5) is 0. The van der Waals surface area contributed by atoms with Gasteiger partial charge in [-0.3, -0.25) is 0 Å². The lowest BCUT2D eigenvalue weighted by molar-refractivity contribution is 0.354. The van der Waals surface area contributed by atoms with Gasteiger partial charge in [-0.1, -0.05) is 48.9 Å². The van der Waals surface area contributed by atoms with E-state index in [0.717, 1.165) is 24.9 Å². The first-order valence-corrected chi connectivity index (χ1v) is 8.26. The Kier molecular flexibility index (Phi) is 6.75. The zero-order chi connectivity index (χ0) is 16.7. The van der Waals surface area contributed by atoms with E-state index >= 15 is 0 Å². The third kappa shape index (κ3) is 4.63. The molecule has 0 heterocycles. The molecule has 2 aromatic carbocycles. The van der Waals surface area contributed by atoms with Crippen molar-refractivity contribution in [3.63, 3.8) is 0 Å². The van der Waals surface area contributed by atoms with Crippen molar-refractivity contribution in [2.24, 2.45) is 0 Å². The zero-order valence-corrected chi connectivity index (χ0v) is 14.7. The predicted octanol–water partition coefficient (Wildman–Crippen LogP) is 4.64. The molecular weight excluding hydrogens is 310 g/mol. The Labute approximate surface area is 143 Å². The summed E-state index contributed by atoms with van der Waals surface area (Å²) >= 11 is 6.36. The normalized spacial score (nSPS) is 12.0. The molecule has 0 bridgehead atoms. The van der Waals surface area contributed by atoms with Crippen LogP contribution in [0.5, 0.6) is 11.5 Å². The van der Waals surface area contributed by atoms with Crippen molar-refractivity contribution in [1.82, 2.24) is 5.32 Å². The molecule has 0 fully saturated rings. The number of ether oxygens (including phenoxy) is 2. The fraction of sp³-hybridized carbons (Fsp3) is 0.368. The first-order chi connectivity index (χ1) is 11.2. The number of methoxy groups -OCH3 is 2. The van der Waals surface area contributed by atoms with Gasteiger partial charge in [0.2, 0.25) is 0 Å². The Morgan fingerprint density at radius 2 is 1.83 bits per heavy atom. The van der Waals surface area contributed by atoms with E-state index < -0.39 is 0 Å². The van der Waals surface area contributed by atoms with Gasteiger partial charge < -0.3 is 14.8 Å². The molecule has 0 aliphatic rings. The monoisotopic (exact) mass is 333 g/mol. The average molecular weight is 334 g/mol. The van der Waals surface area contributed by atoms with Crippen molar-refractivity contribution >= 4 is 11.6 Å². The summed E-state index contributed by atoms with van der Waals surface area (Å²) < 4.78 is 10.7. The van der Waals surface area contributed by atoms with Crippen molar-refractivity contribution in [2.45, 2.75) is 25.8 Å². The Bertz CT molecular complexity index is 616. The van der Waals surface area contributed by atoms with Crippen LogP contribution < -0.4 is 14.8 Å². The second kappa shape index (κ2) is 8.80. The van der Waals surface area contributed by atoms with Gasteiger partial charge in [-0.25, -0.2) is 0 Å². The molecule has 23 heavy (non-hydrogen) atoms. The van der Waals surface area contributed by atoms with E-state index in [9.17, 15) is 0 Å². The number of halogens is 1. The molecule has 0 aliphatic heterocycles. The van der Waals surface area contributed by atoms with Gasteiger partial charge in [-0.15, -0.1) is 0 Å². The van der Waals surface area contributed by atoms with Crippen LogP contribution in [0.4, 0.5) is 0 Å². The quantitative estimate of drug-likeness (QED) is 0.763. The van der Waals surface area contributed by atoms with Gasteiger partial charge in [0.1, 0.15) is 0 Å². The van der Waals surface area contributed by atoms with Gasteiger partial charge in [0, 0.05) is 6.04 Å². The third-order valence-corrected chi connectivity index (χ3v) is 4.06. The van der Waals surface area contributed by atoms with Crippen molar-refractivity contribution in [2.75, 3.05) is 20.8 Å². The molecule has 1 unspecified atom stereocenters. The molecule has 2 aromatic rings. The topological polar surface area (TPSA) is 30.5 Å². The van der Waals surface area contributed by atoms with Crippen LogP contribution in [-0.2, 0) is 6.42 Å². The molecule has 3 nitrogen and oxygen atoms in total. The van der Waals surface area contributed by atoms with Gasteiger partial charge in [0.25, 0.3) is 0 Å². The van der Waals surface area contributed by atoms with E-state index in [1.807, 2.05) is 18.2 Å². The number of nitrogens with one attached hydrogen (secondary N) is 1. The predicted molar refractivity (Wildman–Crippen MR) is 95.7 cm³/mol. The molecule has 0 amide bonds. The molecule has 1 N–H and O–H groups in total. The molecule has 2 rings (SSSR count). The summed E-state index contributed by atoms with van der Waals surface area (Å²) in [6, 6.07) is 14.6. The van der Waals surface area contributed by atoms with Gasteiger partial charge in [0.05, 0.1) is 19.2 Å². The zero-order valence-electron chi connectivity index (χ0n) is 13.9. The van der Waals surface area contributed by atoms with Gasteiger partial charge in [0.15, 0.2) is 11.5 Å². The maximum absolute atomic E-state index is 6.36. The van der Waals surface area contributed by atoms with Crippen LogP contribution in [0.2, 0.25) is 5.02 Å². The van der Waals surface area contributed by atoms with Gasteiger partial charge in [-0.05, 0) is 42.6 Å². The van der Waals surface area contributed by atoms with Crippen LogP contribution >= 0.6 is 11.6 Å². The summed E-state index contributed by atoms with van der Waals surface area (Å²) in [6.45, 7) is 3.11. The van der Waals surface area contributed by atoms with Crippen LogP contribution in [0.25, 0.3) is 0 Å². The van der Waals surface area contributed by atoms with Crippen molar-refractivity contribution in [3.05, 3.63) is 58.6 Å². The van der Waals surface area contributed by atoms with Crippen LogP contribution in [0.15, 0.2) is 42.5 Å². The number of hydrogen-bond acceptors (Lipinski definition) is 3. The third-order valence-electron chi connectivity index (χ3n) is 3.78. The summed E-state index contributed by atoms with van der Waals surface area (Å²) in [5.74, 6) is 1.23. The maximum Gasteiger partial charge on any atom is 0.179 e. The number of hydrogen-bond donors (Lipinski definition) is 1. The van der Waals surface area contributed by atoms with E-state index in [2.05, 4.69) is 36.5 Å². The Morgan fingerprint density at radius 1 is 1.09 bits per heavy atom. The lowest BCUT2D eigenvalue weighted by Gasteiger charge is -2.21. The van der Waals surface area contributed by atoms with Gasteiger partial charge in [-0.2, -0.15) is 0 Å². The summed E-state index contributed by atoms with van der Waals surface area (Å²) in [7, 11) is 3.23. The summed E-state index contributed by atoms with van der Waals surface area (Å²) in [5.41, 5.74) is 2.39. The first-order valence-electron chi connectivity index (χ1n) is 7.88. The molecule has 0 saturated heterocycles. The fourth-order valence-corrected chi connectivity index (χ4v) is 2.91. The summed E-state index contributed by atoms with van der Waals surface area (Å²) in [5, 5.41) is 4.16. The molecule has 0 saturated carbocycles. The number of benzene rings is 2. The van der Waals surface area contributed by atoms with Crippen LogP contribution in [-0.4, -0.2) is 20.8 Å². The highest BCUT2D eigenvalue weighted by Crippen LogP contribution is 2.38. The minimum atomic E-state index is 0.176. The van der Waals surface area contributed by atoms with E-state index in [1.54, 1.807) is 14.2 Å². The highest BCUT2D eigenvalue weighted by Gasteiger charge is 2.17. The molecule has 4 heteroatoms. The minimum Gasteiger partial charge on any atom is -0.493 e. The first kappa shape index (κ1) is 17.6. The average Bonchev–Trinajstić information content (AvgIpc) is 2.58. The van der Waals surface area contributed by atoms with E-state index in [4.69, 9.17) is 21.1 Å². The van der Waals surface area contributed by atoms with Crippen molar-refractivity contribution in [1.29, 1.82) is 0 Å². The smallest absolute Gasteiger partial charge is 0.179 e. The molecule has 0 spiro atoms. The molecule has 0 radical (unpaired) electrons. The highest BCUT2D eigenvalue weighted by atomic mass is 35.5. The van der Waals surface area contributed by atoms with Crippen LogP contribution in [0.1, 0.15) is 30.5 Å².